The van der Waals surface area contributed by atoms with Gasteiger partial charge in [0.15, 0.2) is 0 Å². The summed E-state index contributed by atoms with van der Waals surface area (Å²) in [5.74, 6) is 0.0285. The van der Waals surface area contributed by atoms with E-state index in [0.29, 0.717) is 13.0 Å². The largest absolute Gasteiger partial charge is 0.481 e. The van der Waals surface area contributed by atoms with E-state index >= 15 is 0 Å². The number of nitrogens with zero attached hydrogens (tertiary/aromatic N) is 1. The molecule has 0 heterocycles. The Morgan fingerprint density at radius 3 is 2.24 bits per heavy atom. The molecule has 2 N–H and O–H groups in total. The number of carboxylic acid groups (broad SMARTS) is 1. The lowest BCUT2D eigenvalue weighted by Crippen LogP contribution is -2.17. The van der Waals surface area contributed by atoms with Crippen LogP contribution in [0, 0.1) is 5.41 Å². The molecule has 0 amide bonds. The Balaban J connectivity index is 0. The van der Waals surface area contributed by atoms with Crippen molar-refractivity contribution in [3.05, 3.63) is 107 Å². The number of halogens is 1. The summed E-state index contributed by atoms with van der Waals surface area (Å²) in [6, 6.07) is 8.18. The molecule has 1 aromatic carbocycles. The minimum absolute atomic E-state index is 0.0783. The van der Waals surface area contributed by atoms with Gasteiger partial charge >= 0.3 is 5.97 Å². The molecule has 0 aliphatic heterocycles. The van der Waals surface area contributed by atoms with E-state index in [-0.39, 0.29) is 5.41 Å². The molecule has 0 spiro atoms. The summed E-state index contributed by atoms with van der Waals surface area (Å²) >= 11 is 9.84. The van der Waals surface area contributed by atoms with Gasteiger partial charge in [-0.15, -0.1) is 0 Å². The first-order valence-corrected chi connectivity index (χ1v) is 17.9. The number of allylic oxidation sites excluding steroid dienone is 9. The third kappa shape index (κ3) is 20.5. The average Bonchev–Trinajstić information content (AvgIpc) is 3.82. The summed E-state index contributed by atoms with van der Waals surface area (Å²) in [5, 5.41) is 18.8. The molecular formula is C40H62ClNO3S. The van der Waals surface area contributed by atoms with Gasteiger partial charge in [-0.25, -0.2) is 0 Å². The molecule has 46 heavy (non-hydrogen) atoms. The van der Waals surface area contributed by atoms with Gasteiger partial charge in [0.25, 0.3) is 0 Å². The van der Waals surface area contributed by atoms with Crippen LogP contribution in [0.5, 0.6) is 0 Å². The molecule has 0 saturated heterocycles. The van der Waals surface area contributed by atoms with E-state index < -0.39 is 11.6 Å². The number of thiol groups is 1. The number of aliphatic hydroxyl groups is 1. The van der Waals surface area contributed by atoms with Crippen LogP contribution < -0.4 is 0 Å². The van der Waals surface area contributed by atoms with Crippen molar-refractivity contribution < 1.29 is 15.0 Å². The van der Waals surface area contributed by atoms with E-state index in [0.717, 1.165) is 67.5 Å². The Bertz CT molecular complexity index is 1170. The van der Waals surface area contributed by atoms with Gasteiger partial charge in [0.05, 0.1) is 24.3 Å². The normalized spacial score (nSPS) is 14.6. The number of aliphatic carboxylic acids is 1. The Kier molecular flexibility index (Phi) is 27.2. The minimum atomic E-state index is -0.815. The van der Waals surface area contributed by atoms with E-state index in [1.165, 1.54) is 16.7 Å². The fraction of sp³-hybridized carbons (Fsp3) is 0.500. The smallest absolute Gasteiger partial charge is 0.303 e. The lowest BCUT2D eigenvalue weighted by Gasteiger charge is -2.21. The van der Waals surface area contributed by atoms with Gasteiger partial charge in [0.1, 0.15) is 0 Å². The Morgan fingerprint density at radius 2 is 1.76 bits per heavy atom. The predicted molar refractivity (Wildman–Crippen MR) is 208 cm³/mol. The zero-order valence-corrected chi connectivity index (χ0v) is 31.5. The van der Waals surface area contributed by atoms with Crippen molar-refractivity contribution in [3.8, 4) is 0 Å². The molecule has 0 radical (unpaired) electrons. The maximum absolute atomic E-state index is 10.4. The molecule has 1 saturated carbocycles. The molecular weight excluding hydrogens is 610 g/mol. The molecule has 0 bridgehead atoms. The maximum atomic E-state index is 10.4. The second-order valence-electron chi connectivity index (χ2n) is 11.1. The van der Waals surface area contributed by atoms with Crippen LogP contribution in [0.25, 0.3) is 0 Å². The minimum Gasteiger partial charge on any atom is -0.481 e. The monoisotopic (exact) mass is 671 g/mol. The van der Waals surface area contributed by atoms with Crippen molar-refractivity contribution in [1.29, 1.82) is 0 Å². The molecule has 1 fully saturated rings. The summed E-state index contributed by atoms with van der Waals surface area (Å²) in [7, 11) is 0. The van der Waals surface area contributed by atoms with E-state index in [4.69, 9.17) is 16.7 Å². The van der Waals surface area contributed by atoms with Crippen LogP contribution in [0.4, 0.5) is 0 Å². The van der Waals surface area contributed by atoms with E-state index in [9.17, 15) is 9.90 Å². The Labute approximate surface area is 292 Å². The van der Waals surface area contributed by atoms with E-state index in [1.807, 2.05) is 65.8 Å². The molecule has 258 valence electrons. The first kappa shape index (κ1) is 45.5. The first-order valence-electron chi connectivity index (χ1n) is 16.8. The summed E-state index contributed by atoms with van der Waals surface area (Å²) in [6.07, 6.45) is 23.7. The Morgan fingerprint density at radius 1 is 1.11 bits per heavy atom. The van der Waals surface area contributed by atoms with Gasteiger partial charge in [0, 0.05) is 5.54 Å². The maximum Gasteiger partial charge on any atom is 0.303 e. The molecule has 0 aromatic heterocycles. The quantitative estimate of drug-likeness (QED) is 0.0668. The van der Waals surface area contributed by atoms with Gasteiger partial charge in [-0.3, -0.25) is 9.79 Å². The average molecular weight is 672 g/mol. The van der Waals surface area contributed by atoms with Gasteiger partial charge < -0.3 is 10.2 Å². The van der Waals surface area contributed by atoms with Crippen LogP contribution in [0.2, 0.25) is 0 Å². The molecule has 0 atom stereocenters. The number of carboxylic acids is 1. The number of hydrogen-bond donors (Lipinski definition) is 3. The van der Waals surface area contributed by atoms with Crippen molar-refractivity contribution in [3.63, 3.8) is 0 Å². The zero-order chi connectivity index (χ0) is 35.4. The third-order valence-electron chi connectivity index (χ3n) is 7.00. The van der Waals surface area contributed by atoms with Crippen LogP contribution in [-0.2, 0) is 16.8 Å². The lowest BCUT2D eigenvalue weighted by molar-refractivity contribution is -0.138. The van der Waals surface area contributed by atoms with Crippen molar-refractivity contribution in [2.75, 3.05) is 12.3 Å². The van der Waals surface area contributed by atoms with Gasteiger partial charge in [-0.1, -0.05) is 125 Å². The van der Waals surface area contributed by atoms with Crippen molar-refractivity contribution in [1.82, 2.24) is 0 Å². The molecule has 1 aliphatic carbocycles. The number of aliphatic imine (C=N–C) groups is 1. The second kappa shape index (κ2) is 27.5. The topological polar surface area (TPSA) is 69.9 Å². The number of aryl methyl sites for hydroxylation is 1. The highest BCUT2D eigenvalue weighted by Crippen LogP contribution is 2.49. The molecule has 4 nitrogen and oxygen atoms in total. The fourth-order valence-corrected chi connectivity index (χ4v) is 5.07. The zero-order valence-electron chi connectivity index (χ0n) is 29.9. The van der Waals surface area contributed by atoms with E-state index in [2.05, 4.69) is 80.6 Å². The van der Waals surface area contributed by atoms with Crippen molar-refractivity contribution in [2.45, 2.75) is 112 Å². The predicted octanol–water partition coefficient (Wildman–Crippen LogP) is 11.6. The Hall–Kier alpha value is -2.60. The number of carbonyl (C=O) groups is 1. The van der Waals surface area contributed by atoms with E-state index in [1.54, 1.807) is 6.08 Å². The summed E-state index contributed by atoms with van der Waals surface area (Å²) < 4.78 is 0. The van der Waals surface area contributed by atoms with Crippen LogP contribution in [0.1, 0.15) is 111 Å². The lowest BCUT2D eigenvalue weighted by atomic mass is 9.90. The molecule has 1 aromatic rings. The summed E-state index contributed by atoms with van der Waals surface area (Å²) in [4.78, 5) is 14.8. The van der Waals surface area contributed by atoms with Crippen LogP contribution in [0.15, 0.2) is 101 Å². The molecule has 2 rings (SSSR count). The second-order valence-corrected chi connectivity index (χ2v) is 11.6. The first-order chi connectivity index (χ1) is 22.1. The highest BCUT2D eigenvalue weighted by molar-refractivity contribution is 7.80. The molecule has 6 heteroatoms. The number of benzene rings is 1. The summed E-state index contributed by atoms with van der Waals surface area (Å²) in [5.41, 5.74) is 6.17. The van der Waals surface area contributed by atoms with Crippen LogP contribution >= 0.6 is 24.2 Å². The summed E-state index contributed by atoms with van der Waals surface area (Å²) in [6.45, 7) is 20.3. The van der Waals surface area contributed by atoms with Crippen molar-refractivity contribution in [2.24, 2.45) is 10.4 Å². The van der Waals surface area contributed by atoms with Gasteiger partial charge in [-0.05, 0) is 99.7 Å². The fourth-order valence-electron chi connectivity index (χ4n) is 4.53. The molecule has 1 aliphatic rings. The highest BCUT2D eigenvalue weighted by atomic mass is 35.5. The van der Waals surface area contributed by atoms with Crippen LogP contribution in [-0.4, -0.2) is 34.2 Å². The van der Waals surface area contributed by atoms with Crippen LogP contribution in [0.3, 0.4) is 0 Å². The number of hydrogen-bond acceptors (Lipinski definition) is 4. The SMILES string of the molecule is C=C/C(=C/CC)C(/C=C/Cl)=NC/C=C/C/C=C(\C=C/C)CCCc1ccccc1C(C)(C)O.CC.CC.O=C(O)CC1(CS)CC1. The standard InChI is InChI=1S/C30H40ClNO.C6H10O2S.2C2H6/c1-6-15-25(18-14-20-27-19-11-12-21-28(27)30(4,5)33)17-10-9-13-24-32-29(22-23-31)26(8-3)16-7-2;7-5(8)3-6(4-9)1-2-6;2*1-2/h6,8-9,11-13,15-17,19,21-23,33H,3,7,10,14,18,20,24H2,1-2,4-5H3;9H,1-4H2,(H,7,8);2*1-2H3/b13-9+,15-6-,23-22+,25-17+,26-16-,32-29?;;;. The van der Waals surface area contributed by atoms with Gasteiger partial charge in [-0.2, -0.15) is 12.6 Å². The number of rotatable bonds is 17. The molecule has 0 unspecified atom stereocenters. The van der Waals surface area contributed by atoms with Crippen molar-refractivity contribution >= 4 is 35.9 Å². The van der Waals surface area contributed by atoms with Gasteiger partial charge in [0.2, 0.25) is 0 Å². The third-order valence-corrected chi connectivity index (χ3v) is 7.79. The highest BCUT2D eigenvalue weighted by Gasteiger charge is 2.42.